The van der Waals surface area contributed by atoms with Crippen molar-refractivity contribution in [2.75, 3.05) is 24.3 Å². The second kappa shape index (κ2) is 8.57. The van der Waals surface area contributed by atoms with Crippen LogP contribution in [0.2, 0.25) is 0 Å². The Hall–Kier alpha value is -2.71. The number of halogens is 1. The molecule has 1 N–H and O–H groups in total. The van der Waals surface area contributed by atoms with Crippen molar-refractivity contribution in [3.63, 3.8) is 0 Å². The Kier molecular flexibility index (Phi) is 6.09. The Bertz CT molecular complexity index is 1190. The summed E-state index contributed by atoms with van der Waals surface area (Å²) in [6.45, 7) is 13.5. The number of hydrogen-bond acceptors (Lipinski definition) is 2. The first-order valence-corrected chi connectivity index (χ1v) is 12.1. The van der Waals surface area contributed by atoms with Gasteiger partial charge in [-0.1, -0.05) is 88.3 Å². The van der Waals surface area contributed by atoms with Crippen molar-refractivity contribution in [3.8, 4) is 0 Å². The van der Waals surface area contributed by atoms with Crippen LogP contribution in [0.15, 0.2) is 94.7 Å². The van der Waals surface area contributed by atoms with Crippen LogP contribution in [-0.4, -0.2) is 14.1 Å². The molecule has 0 radical (unpaired) electrons. The van der Waals surface area contributed by atoms with Crippen LogP contribution in [0.1, 0.15) is 51.7 Å². The topological polar surface area (TPSA) is 15.3 Å². The number of nitrogens with one attached hydrogen (secondary N) is 1. The van der Waals surface area contributed by atoms with E-state index in [-0.39, 0.29) is 10.8 Å². The summed E-state index contributed by atoms with van der Waals surface area (Å²) in [6.07, 6.45) is 6.42. The molecule has 0 unspecified atom stereocenters. The van der Waals surface area contributed by atoms with Gasteiger partial charge in [0.05, 0.1) is 0 Å². The summed E-state index contributed by atoms with van der Waals surface area (Å²) >= 11 is 6.97. The van der Waals surface area contributed by atoms with Gasteiger partial charge in [0.1, 0.15) is 0 Å². The lowest BCUT2D eigenvalue weighted by atomic mass is 9.76. The number of nitrogens with zero attached hydrogens (tertiary/aromatic N) is 1. The highest BCUT2D eigenvalue weighted by Gasteiger charge is 2.38. The minimum atomic E-state index is -0.208. The van der Waals surface area contributed by atoms with Crippen LogP contribution in [0.25, 0.3) is 0 Å². The number of anilines is 2. The van der Waals surface area contributed by atoms with Crippen molar-refractivity contribution in [2.24, 2.45) is 0 Å². The number of benzene rings is 2. The average molecular weight is 459 g/mol. The summed E-state index contributed by atoms with van der Waals surface area (Å²) in [5.74, 6) is 0. The van der Waals surface area contributed by atoms with Gasteiger partial charge in [0, 0.05) is 47.0 Å². The summed E-state index contributed by atoms with van der Waals surface area (Å²) in [7, 11) is 4.12. The molecule has 0 saturated carbocycles. The standard InChI is InChI=1S/C30H35ClN2/c1-20(29(2,3)23-12-8-10-14-25(23)32-6)18-21-16-17-22(28(21)31)19-27-30(4,5)24-13-9-11-15-26(24)33(27)7/h8-15,18-19,32H,1,16-17H2,2-7H3/b21-18+,27-19-. The molecule has 0 spiro atoms. The van der Waals surface area contributed by atoms with E-state index in [1.54, 1.807) is 0 Å². The second-order valence-corrected chi connectivity index (χ2v) is 10.6. The smallest absolute Gasteiger partial charge is 0.0470 e. The summed E-state index contributed by atoms with van der Waals surface area (Å²) in [5, 5.41) is 4.19. The maximum absolute atomic E-state index is 6.97. The Labute approximate surface area is 204 Å². The summed E-state index contributed by atoms with van der Waals surface area (Å²) in [6, 6.07) is 17.1. The highest BCUT2D eigenvalue weighted by Crippen LogP contribution is 2.48. The van der Waals surface area contributed by atoms with Crippen molar-refractivity contribution in [2.45, 2.75) is 51.4 Å². The molecule has 172 valence electrons. The van der Waals surface area contributed by atoms with E-state index < -0.39 is 0 Å². The van der Waals surface area contributed by atoms with Crippen molar-refractivity contribution in [1.29, 1.82) is 0 Å². The van der Waals surface area contributed by atoms with Gasteiger partial charge in [-0.15, -0.1) is 0 Å². The Morgan fingerprint density at radius 3 is 2.45 bits per heavy atom. The van der Waals surface area contributed by atoms with Gasteiger partial charge in [-0.05, 0) is 58.9 Å². The van der Waals surface area contributed by atoms with Gasteiger partial charge in [-0.25, -0.2) is 0 Å². The number of rotatable bonds is 5. The molecule has 1 aliphatic carbocycles. The molecule has 2 aliphatic rings. The zero-order chi connectivity index (χ0) is 24.0. The predicted octanol–water partition coefficient (Wildman–Crippen LogP) is 8.09. The molecule has 0 atom stereocenters. The van der Waals surface area contributed by atoms with Gasteiger partial charge in [0.25, 0.3) is 0 Å². The van der Waals surface area contributed by atoms with E-state index in [1.165, 1.54) is 33.7 Å². The molecule has 3 heteroatoms. The van der Waals surface area contributed by atoms with E-state index in [0.29, 0.717) is 0 Å². The first-order chi connectivity index (χ1) is 15.6. The van der Waals surface area contributed by atoms with Gasteiger partial charge in [-0.2, -0.15) is 0 Å². The summed E-state index contributed by atoms with van der Waals surface area (Å²) in [4.78, 5) is 2.31. The SMILES string of the molecule is C=C(/C=C1\CCC(/C=C2\N(C)c3ccccc3C2(C)C)=C1Cl)C(C)(C)c1ccccc1NC. The van der Waals surface area contributed by atoms with Crippen LogP contribution in [0.3, 0.4) is 0 Å². The molecule has 1 aliphatic heterocycles. The fraction of sp³-hybridized carbons (Fsp3) is 0.333. The van der Waals surface area contributed by atoms with Crippen LogP contribution in [0.4, 0.5) is 11.4 Å². The molecule has 0 saturated heterocycles. The summed E-state index contributed by atoms with van der Waals surface area (Å²) < 4.78 is 0. The quantitative estimate of drug-likeness (QED) is 0.487. The van der Waals surface area contributed by atoms with Gasteiger partial charge in [0.15, 0.2) is 0 Å². The lowest BCUT2D eigenvalue weighted by Gasteiger charge is -2.29. The fourth-order valence-electron chi connectivity index (χ4n) is 5.20. The number of likely N-dealkylation sites (N-methyl/N-ethyl adjacent to an activating group) is 1. The average Bonchev–Trinajstić information content (AvgIpc) is 3.24. The Morgan fingerprint density at radius 2 is 1.76 bits per heavy atom. The van der Waals surface area contributed by atoms with E-state index in [2.05, 4.69) is 112 Å². The van der Waals surface area contributed by atoms with E-state index in [1.807, 2.05) is 7.05 Å². The van der Waals surface area contributed by atoms with Crippen LogP contribution in [0, 0.1) is 0 Å². The van der Waals surface area contributed by atoms with Gasteiger partial charge in [0.2, 0.25) is 0 Å². The van der Waals surface area contributed by atoms with E-state index in [9.17, 15) is 0 Å². The molecule has 33 heavy (non-hydrogen) atoms. The molecule has 1 heterocycles. The van der Waals surface area contributed by atoms with Crippen LogP contribution in [-0.2, 0) is 10.8 Å². The normalized spacial score (nSPS) is 20.0. The van der Waals surface area contributed by atoms with Crippen molar-refractivity contribution in [3.05, 3.63) is 106 Å². The first-order valence-electron chi connectivity index (χ1n) is 11.7. The molecule has 0 fully saturated rings. The minimum Gasteiger partial charge on any atom is -0.388 e. The number of para-hydroxylation sites is 2. The minimum absolute atomic E-state index is 0.0512. The Morgan fingerprint density at radius 1 is 1.09 bits per heavy atom. The maximum atomic E-state index is 6.97. The van der Waals surface area contributed by atoms with Crippen LogP contribution < -0.4 is 10.2 Å². The third kappa shape index (κ3) is 3.95. The van der Waals surface area contributed by atoms with Crippen LogP contribution in [0.5, 0.6) is 0 Å². The second-order valence-electron chi connectivity index (χ2n) is 10.2. The van der Waals surface area contributed by atoms with E-state index in [0.717, 1.165) is 29.1 Å². The largest absolute Gasteiger partial charge is 0.388 e. The third-order valence-corrected chi connectivity index (χ3v) is 7.99. The molecule has 2 aromatic carbocycles. The van der Waals surface area contributed by atoms with Gasteiger partial charge >= 0.3 is 0 Å². The molecular formula is C30H35ClN2. The van der Waals surface area contributed by atoms with Crippen LogP contribution >= 0.6 is 11.6 Å². The number of allylic oxidation sites excluding steroid dienone is 7. The zero-order valence-electron chi connectivity index (χ0n) is 20.7. The van der Waals surface area contributed by atoms with Crippen molar-refractivity contribution < 1.29 is 0 Å². The number of fused-ring (bicyclic) bond motifs is 1. The van der Waals surface area contributed by atoms with E-state index in [4.69, 9.17) is 11.6 Å². The molecule has 4 rings (SSSR count). The molecule has 2 aromatic rings. The molecule has 0 aromatic heterocycles. The molecular weight excluding hydrogens is 424 g/mol. The zero-order valence-corrected chi connectivity index (χ0v) is 21.5. The number of hydrogen-bond donors (Lipinski definition) is 1. The lowest BCUT2D eigenvalue weighted by Crippen LogP contribution is -2.23. The monoisotopic (exact) mass is 458 g/mol. The third-order valence-electron chi connectivity index (χ3n) is 7.50. The van der Waals surface area contributed by atoms with Gasteiger partial charge in [-0.3, -0.25) is 0 Å². The molecule has 2 nitrogen and oxygen atoms in total. The van der Waals surface area contributed by atoms with Crippen molar-refractivity contribution in [1.82, 2.24) is 0 Å². The fourth-order valence-corrected chi connectivity index (χ4v) is 5.50. The van der Waals surface area contributed by atoms with Crippen molar-refractivity contribution >= 4 is 23.0 Å². The Balaban J connectivity index is 1.66. The maximum Gasteiger partial charge on any atom is 0.0470 e. The lowest BCUT2D eigenvalue weighted by molar-refractivity contribution is 0.639. The van der Waals surface area contributed by atoms with Gasteiger partial charge < -0.3 is 10.2 Å². The highest BCUT2D eigenvalue weighted by atomic mass is 35.5. The van der Waals surface area contributed by atoms with E-state index >= 15 is 0 Å². The summed E-state index contributed by atoms with van der Waals surface area (Å²) in [5.41, 5.74) is 9.50. The molecule has 0 bridgehead atoms. The predicted molar refractivity (Wildman–Crippen MR) is 144 cm³/mol. The highest BCUT2D eigenvalue weighted by molar-refractivity contribution is 6.33. The first kappa shape index (κ1) is 23.4. The molecule has 0 amide bonds.